The lowest BCUT2D eigenvalue weighted by molar-refractivity contribution is 0.112. The number of anilines is 3. The summed E-state index contributed by atoms with van der Waals surface area (Å²) in [4.78, 5) is 40.0. The molecular weight excluding hydrogens is 513 g/mol. The van der Waals surface area contributed by atoms with E-state index in [1.807, 2.05) is 26.0 Å². The van der Waals surface area contributed by atoms with Gasteiger partial charge in [0.05, 0.1) is 18.8 Å². The fourth-order valence-electron chi connectivity index (χ4n) is 3.27. The van der Waals surface area contributed by atoms with Gasteiger partial charge in [-0.25, -0.2) is 9.37 Å². The number of rotatable bonds is 8. The first-order chi connectivity index (χ1) is 18.2. The Morgan fingerprint density at radius 3 is 2.45 bits per heavy atom. The van der Waals surface area contributed by atoms with Crippen molar-refractivity contribution in [2.24, 2.45) is 0 Å². The highest BCUT2D eigenvalue weighted by atomic mass is 35.5. The Balaban J connectivity index is 0.000000375. The Morgan fingerprint density at radius 1 is 1.13 bits per heavy atom. The molecule has 4 aromatic rings. The van der Waals surface area contributed by atoms with E-state index in [0.29, 0.717) is 34.2 Å². The van der Waals surface area contributed by atoms with Crippen LogP contribution < -0.4 is 26.5 Å². The second kappa shape index (κ2) is 13.2. The molecule has 9 nitrogen and oxygen atoms in total. The molecule has 4 rings (SSSR count). The van der Waals surface area contributed by atoms with E-state index in [-0.39, 0.29) is 29.5 Å². The first kappa shape index (κ1) is 28.1. The quantitative estimate of drug-likeness (QED) is 0.274. The van der Waals surface area contributed by atoms with Gasteiger partial charge in [-0.3, -0.25) is 19.0 Å². The number of H-pyrrole nitrogens is 1. The fourth-order valence-corrected chi connectivity index (χ4v) is 3.40. The summed E-state index contributed by atoms with van der Waals surface area (Å²) in [6.07, 6.45) is 3.38. The SMILES string of the molecule is CNc1cnc(Nc2ccc(OC(C)C)c(F)c2)n(Cc2ccc(Cl)cc2)c1=O.O=Cc1cc[nH]c(=O)c1. The number of aromatic amines is 1. The van der Waals surface area contributed by atoms with Gasteiger partial charge in [-0.2, -0.15) is 0 Å². The number of carbonyl (C=O) groups is 1. The Morgan fingerprint density at radius 2 is 1.87 bits per heavy atom. The minimum absolute atomic E-state index is 0.136. The van der Waals surface area contributed by atoms with Crippen molar-refractivity contribution in [3.63, 3.8) is 0 Å². The largest absolute Gasteiger partial charge is 0.488 e. The molecule has 3 N–H and O–H groups in total. The van der Waals surface area contributed by atoms with Crippen LogP contribution in [0.5, 0.6) is 5.75 Å². The molecule has 0 amide bonds. The van der Waals surface area contributed by atoms with Gasteiger partial charge in [0.15, 0.2) is 11.6 Å². The summed E-state index contributed by atoms with van der Waals surface area (Å²) in [6.45, 7) is 3.93. The monoisotopic (exact) mass is 539 g/mol. The molecular formula is C27H27ClFN5O4. The lowest BCUT2D eigenvalue weighted by Crippen LogP contribution is -2.26. The number of hydrogen-bond acceptors (Lipinski definition) is 7. The van der Waals surface area contributed by atoms with Gasteiger partial charge < -0.3 is 20.4 Å². The van der Waals surface area contributed by atoms with Crippen LogP contribution in [0.25, 0.3) is 0 Å². The van der Waals surface area contributed by atoms with Gasteiger partial charge in [-0.05, 0) is 49.7 Å². The molecule has 0 aliphatic rings. The molecule has 11 heteroatoms. The maximum absolute atomic E-state index is 14.3. The summed E-state index contributed by atoms with van der Waals surface area (Å²) >= 11 is 5.94. The zero-order chi connectivity index (χ0) is 27.7. The number of ether oxygens (including phenoxy) is 1. The summed E-state index contributed by atoms with van der Waals surface area (Å²) in [7, 11) is 1.65. The normalized spacial score (nSPS) is 10.4. The van der Waals surface area contributed by atoms with Gasteiger partial charge in [0.1, 0.15) is 12.0 Å². The Hall–Kier alpha value is -4.44. The molecule has 0 saturated heterocycles. The van der Waals surface area contributed by atoms with Gasteiger partial charge in [0, 0.05) is 41.7 Å². The molecule has 0 atom stereocenters. The van der Waals surface area contributed by atoms with Crippen molar-refractivity contribution in [1.29, 1.82) is 0 Å². The summed E-state index contributed by atoms with van der Waals surface area (Å²) < 4.78 is 21.2. The van der Waals surface area contributed by atoms with Gasteiger partial charge in [-0.1, -0.05) is 23.7 Å². The van der Waals surface area contributed by atoms with Crippen molar-refractivity contribution in [1.82, 2.24) is 14.5 Å². The van der Waals surface area contributed by atoms with Crippen LogP contribution in [-0.2, 0) is 6.54 Å². The van der Waals surface area contributed by atoms with Gasteiger partial charge >= 0.3 is 0 Å². The zero-order valence-electron chi connectivity index (χ0n) is 21.0. The maximum Gasteiger partial charge on any atom is 0.278 e. The van der Waals surface area contributed by atoms with Crippen LogP contribution in [-0.4, -0.2) is 34.0 Å². The molecule has 198 valence electrons. The van der Waals surface area contributed by atoms with E-state index in [9.17, 15) is 18.8 Å². The number of nitrogens with one attached hydrogen (secondary N) is 3. The van der Waals surface area contributed by atoms with Gasteiger partial charge in [0.25, 0.3) is 5.56 Å². The molecule has 0 aliphatic carbocycles. The number of hydrogen-bond donors (Lipinski definition) is 3. The van der Waals surface area contributed by atoms with E-state index < -0.39 is 5.82 Å². The van der Waals surface area contributed by atoms with Gasteiger partial charge in [-0.15, -0.1) is 0 Å². The molecule has 2 aromatic carbocycles. The first-order valence-corrected chi connectivity index (χ1v) is 12.0. The average Bonchev–Trinajstić information content (AvgIpc) is 2.89. The molecule has 0 bridgehead atoms. The molecule has 0 aliphatic heterocycles. The van der Waals surface area contributed by atoms with E-state index in [4.69, 9.17) is 16.3 Å². The highest BCUT2D eigenvalue weighted by Gasteiger charge is 2.13. The zero-order valence-corrected chi connectivity index (χ0v) is 21.8. The standard InChI is InChI=1S/C21H22ClFN4O2.C6H5NO2/c1-13(2)29-19-9-8-16(10-17(19)23)26-21-25-11-18(24-3)20(28)27(21)12-14-4-6-15(22)7-5-14;8-4-5-1-2-7-6(9)3-5/h4-11,13,24H,12H2,1-3H3,(H,25,26);1-4H,(H,7,9). The molecule has 0 saturated carbocycles. The predicted molar refractivity (Wildman–Crippen MR) is 146 cm³/mol. The van der Waals surface area contributed by atoms with Crippen LogP contribution in [0.1, 0.15) is 29.8 Å². The number of pyridine rings is 1. The number of carbonyl (C=O) groups excluding carboxylic acids is 1. The third-order valence-corrected chi connectivity index (χ3v) is 5.31. The third kappa shape index (κ3) is 7.78. The number of nitrogens with zero attached hydrogens (tertiary/aromatic N) is 2. The van der Waals surface area contributed by atoms with Crippen LogP contribution >= 0.6 is 11.6 Å². The summed E-state index contributed by atoms with van der Waals surface area (Å²) in [5.74, 6) is -0.0365. The molecule has 2 heterocycles. The number of aromatic nitrogens is 3. The lowest BCUT2D eigenvalue weighted by Gasteiger charge is -2.16. The minimum Gasteiger partial charge on any atom is -0.488 e. The third-order valence-electron chi connectivity index (χ3n) is 5.06. The Bertz CT molecular complexity index is 1500. The van der Waals surface area contributed by atoms with Crippen LogP contribution in [0.2, 0.25) is 5.02 Å². The predicted octanol–water partition coefficient (Wildman–Crippen LogP) is 4.84. The molecule has 38 heavy (non-hydrogen) atoms. The number of aldehydes is 1. The van der Waals surface area contributed by atoms with Crippen molar-refractivity contribution in [3.8, 4) is 5.75 Å². The molecule has 0 fully saturated rings. The first-order valence-electron chi connectivity index (χ1n) is 11.6. The smallest absolute Gasteiger partial charge is 0.278 e. The topological polar surface area (TPSA) is 118 Å². The van der Waals surface area contributed by atoms with E-state index >= 15 is 0 Å². The fraction of sp³-hybridized carbons (Fsp3) is 0.185. The van der Waals surface area contributed by atoms with Crippen molar-refractivity contribution < 1.29 is 13.9 Å². The minimum atomic E-state index is -0.498. The van der Waals surface area contributed by atoms with E-state index in [2.05, 4.69) is 20.6 Å². The Labute approximate surface area is 223 Å². The van der Waals surface area contributed by atoms with E-state index in [1.165, 1.54) is 35.2 Å². The summed E-state index contributed by atoms with van der Waals surface area (Å²) in [5, 5.41) is 6.47. The lowest BCUT2D eigenvalue weighted by atomic mass is 10.2. The van der Waals surface area contributed by atoms with Crippen molar-refractivity contribution >= 4 is 35.2 Å². The van der Waals surface area contributed by atoms with Crippen LogP contribution in [0, 0.1) is 5.82 Å². The number of benzene rings is 2. The number of halogens is 2. The second-order valence-electron chi connectivity index (χ2n) is 8.30. The van der Waals surface area contributed by atoms with Crippen molar-refractivity contribution in [2.45, 2.75) is 26.5 Å². The highest BCUT2D eigenvalue weighted by molar-refractivity contribution is 6.30. The van der Waals surface area contributed by atoms with Gasteiger partial charge in [0.2, 0.25) is 11.5 Å². The van der Waals surface area contributed by atoms with Crippen LogP contribution in [0.4, 0.5) is 21.7 Å². The van der Waals surface area contributed by atoms with Crippen molar-refractivity contribution in [2.75, 3.05) is 17.7 Å². The molecule has 0 unspecified atom stereocenters. The summed E-state index contributed by atoms with van der Waals surface area (Å²) in [6, 6.07) is 14.5. The maximum atomic E-state index is 14.3. The van der Waals surface area contributed by atoms with Crippen LogP contribution in [0.3, 0.4) is 0 Å². The highest BCUT2D eigenvalue weighted by Crippen LogP contribution is 2.24. The summed E-state index contributed by atoms with van der Waals surface area (Å²) in [5.41, 5.74) is 1.59. The van der Waals surface area contributed by atoms with E-state index in [1.54, 1.807) is 31.3 Å². The molecule has 0 radical (unpaired) electrons. The van der Waals surface area contributed by atoms with Crippen LogP contribution in [0.15, 0.2) is 76.6 Å². The molecule has 0 spiro atoms. The Kier molecular flexibility index (Phi) is 9.78. The average molecular weight is 540 g/mol. The second-order valence-corrected chi connectivity index (χ2v) is 8.74. The van der Waals surface area contributed by atoms with Crippen molar-refractivity contribution in [3.05, 3.63) is 110 Å². The van der Waals surface area contributed by atoms with E-state index in [0.717, 1.165) is 5.56 Å². The molecule has 2 aromatic heterocycles.